The van der Waals surface area contributed by atoms with Gasteiger partial charge in [-0.2, -0.15) is 17.0 Å². The van der Waals surface area contributed by atoms with E-state index in [1.807, 2.05) is 42.1 Å². The van der Waals surface area contributed by atoms with E-state index in [1.54, 1.807) is 4.90 Å². The molecule has 2 amide bonds. The molecule has 1 aromatic carbocycles. The van der Waals surface area contributed by atoms with Crippen LogP contribution in [0.5, 0.6) is 0 Å². The van der Waals surface area contributed by atoms with Gasteiger partial charge in [-0.05, 0) is 25.0 Å². The molecule has 1 aromatic rings. The van der Waals surface area contributed by atoms with Crippen molar-refractivity contribution in [2.24, 2.45) is 0 Å². The molecular weight excluding hydrogens is 396 g/mol. The first-order valence-electron chi connectivity index (χ1n) is 11.0. The van der Waals surface area contributed by atoms with E-state index in [4.69, 9.17) is 5.26 Å². The molecule has 1 aliphatic carbocycles. The van der Waals surface area contributed by atoms with Crippen LogP contribution in [0.25, 0.3) is 0 Å². The highest BCUT2D eigenvalue weighted by molar-refractivity contribution is 7.99. The molecule has 162 valence electrons. The summed E-state index contributed by atoms with van der Waals surface area (Å²) in [7, 11) is 0. The van der Waals surface area contributed by atoms with Gasteiger partial charge in [0.1, 0.15) is 0 Å². The minimum atomic E-state index is -0.116. The molecule has 2 aliphatic rings. The molecule has 0 bridgehead atoms. The number of carbonyl (C=O) groups excluding carboxylic acids is 2. The lowest BCUT2D eigenvalue weighted by Gasteiger charge is -2.43. The highest BCUT2D eigenvalue weighted by atomic mass is 32.2. The molecule has 6 nitrogen and oxygen atoms in total. The maximum Gasteiger partial charge on any atom is 0.227 e. The number of carbonyl (C=O) groups is 2. The van der Waals surface area contributed by atoms with E-state index >= 15 is 0 Å². The summed E-state index contributed by atoms with van der Waals surface area (Å²) in [4.78, 5) is 29.5. The zero-order valence-electron chi connectivity index (χ0n) is 17.6. The number of amides is 2. The van der Waals surface area contributed by atoms with Gasteiger partial charge in [0.15, 0.2) is 0 Å². The number of para-hydroxylation sites is 1. The second-order valence-electron chi connectivity index (χ2n) is 8.10. The van der Waals surface area contributed by atoms with Gasteiger partial charge in [0.2, 0.25) is 11.8 Å². The van der Waals surface area contributed by atoms with E-state index in [0.717, 1.165) is 31.6 Å². The van der Waals surface area contributed by atoms with Crippen LogP contribution >= 0.6 is 11.8 Å². The van der Waals surface area contributed by atoms with Crippen LogP contribution in [0.1, 0.15) is 44.9 Å². The quantitative estimate of drug-likeness (QED) is 0.654. The number of nitrogens with one attached hydrogen (secondary N) is 1. The minimum absolute atomic E-state index is 0.0608. The largest absolute Gasteiger partial charge is 0.354 e. The molecule has 1 saturated carbocycles. The number of nitrogens with zero attached hydrogens (tertiary/aromatic N) is 3. The number of thioether (sulfide) groups is 1. The monoisotopic (exact) mass is 428 g/mol. The SMILES string of the molecule is N#CCCN(C(=O)CCC(=O)NCC1(N2CCSCC2)CCCC1)c1ccccc1. The highest BCUT2D eigenvalue weighted by Crippen LogP contribution is 2.36. The molecule has 2 fully saturated rings. The maximum absolute atomic E-state index is 12.8. The molecule has 0 aromatic heterocycles. The fraction of sp³-hybridized carbons (Fsp3) is 0.609. The van der Waals surface area contributed by atoms with Crippen molar-refractivity contribution in [3.8, 4) is 6.07 Å². The fourth-order valence-corrected chi connectivity index (χ4v) is 5.45. The van der Waals surface area contributed by atoms with Crippen molar-refractivity contribution in [2.75, 3.05) is 42.6 Å². The van der Waals surface area contributed by atoms with Gasteiger partial charge >= 0.3 is 0 Å². The second kappa shape index (κ2) is 11.4. The van der Waals surface area contributed by atoms with E-state index in [0.29, 0.717) is 13.1 Å². The molecule has 1 aliphatic heterocycles. The average Bonchev–Trinajstić information content (AvgIpc) is 3.28. The molecule has 30 heavy (non-hydrogen) atoms. The van der Waals surface area contributed by atoms with Crippen molar-refractivity contribution in [1.29, 1.82) is 5.26 Å². The van der Waals surface area contributed by atoms with Crippen molar-refractivity contribution < 1.29 is 9.59 Å². The maximum atomic E-state index is 12.8. The topological polar surface area (TPSA) is 76.4 Å². The Morgan fingerprint density at radius 1 is 1.13 bits per heavy atom. The molecule has 0 unspecified atom stereocenters. The first-order chi connectivity index (χ1) is 14.6. The molecule has 1 heterocycles. The third kappa shape index (κ3) is 5.99. The summed E-state index contributed by atoms with van der Waals surface area (Å²) in [5.41, 5.74) is 0.870. The molecule has 0 radical (unpaired) electrons. The van der Waals surface area contributed by atoms with Crippen molar-refractivity contribution in [3.05, 3.63) is 30.3 Å². The average molecular weight is 429 g/mol. The number of hydrogen-bond acceptors (Lipinski definition) is 5. The summed E-state index contributed by atoms with van der Waals surface area (Å²) in [6.07, 6.45) is 5.34. The predicted molar refractivity (Wildman–Crippen MR) is 121 cm³/mol. The van der Waals surface area contributed by atoms with Crippen molar-refractivity contribution in [2.45, 2.75) is 50.5 Å². The third-order valence-electron chi connectivity index (χ3n) is 6.21. The van der Waals surface area contributed by atoms with E-state index < -0.39 is 0 Å². The normalized spacial score (nSPS) is 18.5. The minimum Gasteiger partial charge on any atom is -0.354 e. The Kier molecular flexibility index (Phi) is 8.59. The van der Waals surface area contributed by atoms with E-state index in [2.05, 4.69) is 16.3 Å². The number of anilines is 1. The van der Waals surface area contributed by atoms with Crippen LogP contribution in [0.2, 0.25) is 0 Å². The van der Waals surface area contributed by atoms with E-state index in [9.17, 15) is 9.59 Å². The molecule has 1 N–H and O–H groups in total. The third-order valence-corrected chi connectivity index (χ3v) is 7.16. The zero-order valence-corrected chi connectivity index (χ0v) is 18.5. The lowest BCUT2D eigenvalue weighted by atomic mass is 9.94. The number of benzene rings is 1. The van der Waals surface area contributed by atoms with Gasteiger partial charge in [-0.3, -0.25) is 14.5 Å². The van der Waals surface area contributed by atoms with E-state index in [-0.39, 0.29) is 36.6 Å². The van der Waals surface area contributed by atoms with Gasteiger partial charge in [-0.15, -0.1) is 0 Å². The molecule has 0 atom stereocenters. The van der Waals surface area contributed by atoms with Crippen molar-refractivity contribution >= 4 is 29.3 Å². The summed E-state index contributed by atoms with van der Waals surface area (Å²) >= 11 is 2.01. The standard InChI is InChI=1S/C23H32N4O2S/c24-13-6-14-27(20-7-2-1-3-8-20)22(29)10-9-21(28)25-19-23(11-4-5-12-23)26-15-17-30-18-16-26/h1-3,7-8H,4-6,9-12,14-19H2,(H,25,28). The Morgan fingerprint density at radius 2 is 1.83 bits per heavy atom. The second-order valence-corrected chi connectivity index (χ2v) is 9.32. The highest BCUT2D eigenvalue weighted by Gasteiger charge is 2.40. The lowest BCUT2D eigenvalue weighted by Crippen LogP contribution is -2.56. The van der Waals surface area contributed by atoms with Gasteiger partial charge < -0.3 is 10.2 Å². The van der Waals surface area contributed by atoms with Crippen LogP contribution in [0.3, 0.4) is 0 Å². The van der Waals surface area contributed by atoms with Crippen molar-refractivity contribution in [1.82, 2.24) is 10.2 Å². The Hall–Kier alpha value is -2.04. The van der Waals surface area contributed by atoms with Gasteiger partial charge in [-0.25, -0.2) is 0 Å². The lowest BCUT2D eigenvalue weighted by molar-refractivity contribution is -0.125. The fourth-order valence-electron chi connectivity index (χ4n) is 4.55. The summed E-state index contributed by atoms with van der Waals surface area (Å²) in [5.74, 6) is 2.16. The van der Waals surface area contributed by atoms with Crippen LogP contribution in [0.15, 0.2) is 30.3 Å². The van der Waals surface area contributed by atoms with Gasteiger partial charge in [0, 0.05) is 61.8 Å². The van der Waals surface area contributed by atoms with Crippen molar-refractivity contribution in [3.63, 3.8) is 0 Å². The van der Waals surface area contributed by atoms with Gasteiger partial charge in [0.25, 0.3) is 0 Å². The van der Waals surface area contributed by atoms with E-state index in [1.165, 1.54) is 24.3 Å². The molecular formula is C23H32N4O2S. The van der Waals surface area contributed by atoms with Crippen LogP contribution in [-0.2, 0) is 9.59 Å². The first kappa shape index (κ1) is 22.6. The summed E-state index contributed by atoms with van der Waals surface area (Å²) in [6, 6.07) is 11.4. The first-order valence-corrected chi connectivity index (χ1v) is 12.1. The molecule has 3 rings (SSSR count). The Labute approximate surface area is 184 Å². The predicted octanol–water partition coefficient (Wildman–Crippen LogP) is 3.19. The summed E-state index contributed by atoms with van der Waals surface area (Å²) in [6.45, 7) is 3.23. The van der Waals surface area contributed by atoms with Gasteiger partial charge in [-0.1, -0.05) is 31.0 Å². The number of rotatable bonds is 9. The van der Waals surface area contributed by atoms with Crippen LogP contribution in [-0.4, -0.2) is 59.9 Å². The Morgan fingerprint density at radius 3 is 2.50 bits per heavy atom. The number of hydrogen-bond donors (Lipinski definition) is 1. The molecule has 7 heteroatoms. The molecule has 0 spiro atoms. The Balaban J connectivity index is 1.51. The van der Waals surface area contributed by atoms with Crippen LogP contribution < -0.4 is 10.2 Å². The van der Waals surface area contributed by atoms with Gasteiger partial charge in [0.05, 0.1) is 12.5 Å². The zero-order chi connectivity index (χ0) is 21.2. The molecule has 1 saturated heterocycles. The van der Waals surface area contributed by atoms with Crippen LogP contribution in [0, 0.1) is 11.3 Å². The Bertz CT molecular complexity index is 737. The summed E-state index contributed by atoms with van der Waals surface area (Å²) < 4.78 is 0. The van der Waals surface area contributed by atoms with Crippen LogP contribution in [0.4, 0.5) is 5.69 Å². The summed E-state index contributed by atoms with van der Waals surface area (Å²) in [5, 5.41) is 12.0. The smallest absolute Gasteiger partial charge is 0.227 e. The number of nitriles is 1.